The van der Waals surface area contributed by atoms with Crippen LogP contribution in [0.1, 0.15) is 12.0 Å². The second kappa shape index (κ2) is 5.63. The summed E-state index contributed by atoms with van der Waals surface area (Å²) >= 11 is 0. The lowest BCUT2D eigenvalue weighted by Crippen LogP contribution is -1.77. The lowest BCUT2D eigenvalue weighted by Gasteiger charge is -1.88. The van der Waals surface area contributed by atoms with Crippen molar-refractivity contribution in [3.8, 4) is 11.8 Å². The molecule has 1 aromatic rings. The van der Waals surface area contributed by atoms with Gasteiger partial charge in [-0.2, -0.15) is 0 Å². The average Bonchev–Trinajstić information content (AvgIpc) is 2.21. The molecule has 1 rings (SSSR count). The molecule has 0 heterocycles. The Kier molecular flexibility index (Phi) is 4.06. The van der Waals surface area contributed by atoms with Gasteiger partial charge in [0.1, 0.15) is 5.82 Å². The monoisotopic (exact) mass is 189 g/mol. The van der Waals surface area contributed by atoms with E-state index in [1.54, 1.807) is 12.1 Å². The van der Waals surface area contributed by atoms with Gasteiger partial charge in [0.2, 0.25) is 0 Å². The van der Waals surface area contributed by atoms with Crippen molar-refractivity contribution < 1.29 is 4.39 Å². The summed E-state index contributed by atoms with van der Waals surface area (Å²) in [4.78, 5) is 2.60. The van der Waals surface area contributed by atoms with Crippen LogP contribution in [0, 0.1) is 17.7 Å². The van der Waals surface area contributed by atoms with Gasteiger partial charge in [-0.05, 0) is 29.8 Å². The zero-order valence-corrected chi connectivity index (χ0v) is 7.44. The largest absolute Gasteiger partial charge is 0.207 e. The first-order valence-corrected chi connectivity index (χ1v) is 4.08. The Hall–Kier alpha value is -1.98. The maximum absolute atomic E-state index is 12.5. The molecule has 0 unspecified atom stereocenters. The molecule has 0 amide bonds. The smallest absolute Gasteiger partial charge is 0.123 e. The summed E-state index contributed by atoms with van der Waals surface area (Å²) in [7, 11) is 0. The van der Waals surface area contributed by atoms with Crippen LogP contribution in [0.15, 0.2) is 29.4 Å². The van der Waals surface area contributed by atoms with Crippen LogP contribution in [0.2, 0.25) is 0 Å². The predicted molar refractivity (Wildman–Crippen MR) is 51.9 cm³/mol. The summed E-state index contributed by atoms with van der Waals surface area (Å²) in [6.45, 7) is 0.366. The molecule has 0 saturated carbocycles. The molecule has 0 radical (unpaired) electrons. The second-order valence-electron chi connectivity index (χ2n) is 2.51. The van der Waals surface area contributed by atoms with E-state index in [0.717, 1.165) is 5.56 Å². The lowest BCUT2D eigenvalue weighted by molar-refractivity contribution is 0.627. The molecule has 0 aliphatic rings. The number of nitrogens with zero attached hydrogens (tertiary/aromatic N) is 3. The van der Waals surface area contributed by atoms with Crippen LogP contribution in [0.4, 0.5) is 4.39 Å². The summed E-state index contributed by atoms with van der Waals surface area (Å²) in [6.07, 6.45) is 0.515. The van der Waals surface area contributed by atoms with Crippen molar-refractivity contribution >= 4 is 0 Å². The Balaban J connectivity index is 2.51. The third-order valence-corrected chi connectivity index (χ3v) is 1.48. The van der Waals surface area contributed by atoms with Gasteiger partial charge in [-0.25, -0.2) is 4.39 Å². The molecule has 3 nitrogen and oxygen atoms in total. The van der Waals surface area contributed by atoms with Crippen molar-refractivity contribution in [1.29, 1.82) is 0 Å². The fraction of sp³-hybridized carbons (Fsp3) is 0.200. The van der Waals surface area contributed by atoms with Gasteiger partial charge >= 0.3 is 0 Å². The number of azide groups is 1. The van der Waals surface area contributed by atoms with Crippen molar-refractivity contribution in [1.82, 2.24) is 0 Å². The molecule has 0 aliphatic heterocycles. The minimum Gasteiger partial charge on any atom is -0.207 e. The molecule has 0 fully saturated rings. The van der Waals surface area contributed by atoms with E-state index in [4.69, 9.17) is 5.53 Å². The van der Waals surface area contributed by atoms with E-state index in [2.05, 4.69) is 21.9 Å². The fourth-order valence-electron chi connectivity index (χ4n) is 0.848. The van der Waals surface area contributed by atoms with E-state index in [1.807, 2.05) is 0 Å². The van der Waals surface area contributed by atoms with E-state index in [-0.39, 0.29) is 5.82 Å². The molecule has 70 valence electrons. The number of benzene rings is 1. The van der Waals surface area contributed by atoms with Gasteiger partial charge in [0.15, 0.2) is 0 Å². The molecule has 0 saturated heterocycles. The van der Waals surface area contributed by atoms with Crippen LogP contribution in [-0.2, 0) is 0 Å². The van der Waals surface area contributed by atoms with Crippen molar-refractivity contribution in [2.75, 3.05) is 6.54 Å². The molecule has 0 N–H and O–H groups in total. The van der Waals surface area contributed by atoms with Crippen molar-refractivity contribution in [3.05, 3.63) is 46.1 Å². The van der Waals surface area contributed by atoms with E-state index >= 15 is 0 Å². The van der Waals surface area contributed by atoms with E-state index in [9.17, 15) is 4.39 Å². The molecular weight excluding hydrogens is 181 g/mol. The zero-order chi connectivity index (χ0) is 10.2. The molecule has 0 bridgehead atoms. The Bertz CT molecular complexity index is 394. The van der Waals surface area contributed by atoms with Gasteiger partial charge in [0, 0.05) is 23.4 Å². The molecule has 0 aliphatic carbocycles. The SMILES string of the molecule is [N-]=[N+]=NCCC#Cc1ccc(F)cc1. The summed E-state index contributed by atoms with van der Waals surface area (Å²) in [6, 6.07) is 5.93. The topological polar surface area (TPSA) is 48.8 Å². The molecule has 1 aromatic carbocycles. The van der Waals surface area contributed by atoms with E-state index in [0.29, 0.717) is 13.0 Å². The van der Waals surface area contributed by atoms with E-state index < -0.39 is 0 Å². The Labute approximate surface area is 81.2 Å². The highest BCUT2D eigenvalue weighted by atomic mass is 19.1. The minimum absolute atomic E-state index is 0.273. The van der Waals surface area contributed by atoms with Crippen molar-refractivity contribution in [2.45, 2.75) is 6.42 Å². The van der Waals surface area contributed by atoms with Crippen LogP contribution in [0.3, 0.4) is 0 Å². The highest BCUT2D eigenvalue weighted by molar-refractivity contribution is 5.33. The Morgan fingerprint density at radius 3 is 2.71 bits per heavy atom. The highest BCUT2D eigenvalue weighted by Gasteiger charge is 1.87. The van der Waals surface area contributed by atoms with Crippen LogP contribution in [0.25, 0.3) is 10.4 Å². The molecular formula is C10H8FN3. The van der Waals surface area contributed by atoms with Crippen molar-refractivity contribution in [3.63, 3.8) is 0 Å². The normalized spacial score (nSPS) is 8.36. The van der Waals surface area contributed by atoms with Crippen molar-refractivity contribution in [2.24, 2.45) is 5.11 Å². The maximum Gasteiger partial charge on any atom is 0.123 e. The van der Waals surface area contributed by atoms with Gasteiger partial charge in [-0.3, -0.25) is 0 Å². The fourth-order valence-corrected chi connectivity index (χ4v) is 0.848. The first kappa shape index (κ1) is 10.1. The standard InChI is InChI=1S/C10H8FN3/c11-10-6-4-9(5-7-10)3-1-2-8-13-14-12/h4-7H,2,8H2. The third-order valence-electron chi connectivity index (χ3n) is 1.48. The quantitative estimate of drug-likeness (QED) is 0.226. The average molecular weight is 189 g/mol. The molecule has 0 atom stereocenters. The van der Waals surface area contributed by atoms with Gasteiger partial charge in [-0.1, -0.05) is 17.0 Å². The minimum atomic E-state index is -0.273. The Morgan fingerprint density at radius 2 is 2.07 bits per heavy atom. The summed E-state index contributed by atoms with van der Waals surface area (Å²) < 4.78 is 12.5. The number of halogens is 1. The van der Waals surface area contributed by atoms with Gasteiger partial charge in [0.25, 0.3) is 0 Å². The zero-order valence-electron chi connectivity index (χ0n) is 7.44. The second-order valence-corrected chi connectivity index (χ2v) is 2.51. The molecule has 4 heteroatoms. The Morgan fingerprint density at radius 1 is 1.36 bits per heavy atom. The predicted octanol–water partition coefficient (Wildman–Crippen LogP) is 2.88. The van der Waals surface area contributed by atoms with Crippen LogP contribution >= 0.6 is 0 Å². The molecule has 0 aromatic heterocycles. The number of hydrogen-bond donors (Lipinski definition) is 0. The third kappa shape index (κ3) is 3.61. The summed E-state index contributed by atoms with van der Waals surface area (Å²) in [5, 5.41) is 3.34. The van der Waals surface area contributed by atoms with Crippen LogP contribution < -0.4 is 0 Å². The number of rotatable bonds is 2. The van der Waals surface area contributed by atoms with E-state index in [1.165, 1.54) is 12.1 Å². The number of hydrogen-bond acceptors (Lipinski definition) is 1. The first-order valence-electron chi connectivity index (χ1n) is 4.08. The van der Waals surface area contributed by atoms with Gasteiger partial charge in [0.05, 0.1) is 0 Å². The van der Waals surface area contributed by atoms with Gasteiger partial charge in [-0.15, -0.1) is 0 Å². The van der Waals surface area contributed by atoms with Crippen LogP contribution in [0.5, 0.6) is 0 Å². The maximum atomic E-state index is 12.5. The molecule has 0 spiro atoms. The summed E-state index contributed by atoms with van der Waals surface area (Å²) in [5.74, 6) is 5.38. The summed E-state index contributed by atoms with van der Waals surface area (Å²) in [5.41, 5.74) is 8.74. The van der Waals surface area contributed by atoms with Gasteiger partial charge < -0.3 is 0 Å². The first-order chi connectivity index (χ1) is 6.83. The van der Waals surface area contributed by atoms with Crippen LogP contribution in [-0.4, -0.2) is 6.54 Å². The highest BCUT2D eigenvalue weighted by Crippen LogP contribution is 2.00. The lowest BCUT2D eigenvalue weighted by atomic mass is 10.2. The molecule has 14 heavy (non-hydrogen) atoms.